The molecule has 0 saturated heterocycles. The maximum Gasteiger partial charge on any atom is 0.166 e. The van der Waals surface area contributed by atoms with E-state index in [0.29, 0.717) is 12.0 Å². The molecule has 3 heteroatoms. The maximum atomic E-state index is 11.8. The van der Waals surface area contributed by atoms with Crippen LogP contribution in [0.25, 0.3) is 0 Å². The van der Waals surface area contributed by atoms with Gasteiger partial charge < -0.3 is 5.11 Å². The van der Waals surface area contributed by atoms with Crippen LogP contribution in [0.2, 0.25) is 0 Å². The SMILES string of the molecule is CCCCCC(=O)c1cc(C(C)=O)ccc1O. The molecule has 1 rings (SSSR count). The summed E-state index contributed by atoms with van der Waals surface area (Å²) in [7, 11) is 0. The van der Waals surface area contributed by atoms with E-state index in [1.807, 2.05) is 0 Å². The molecule has 0 aliphatic carbocycles. The predicted molar refractivity (Wildman–Crippen MR) is 66.6 cm³/mol. The second-order valence-electron chi connectivity index (χ2n) is 4.17. The topological polar surface area (TPSA) is 54.4 Å². The number of aromatic hydroxyl groups is 1. The molecule has 0 bridgehead atoms. The van der Waals surface area contributed by atoms with Crippen LogP contribution < -0.4 is 0 Å². The summed E-state index contributed by atoms with van der Waals surface area (Å²) < 4.78 is 0. The van der Waals surface area contributed by atoms with Gasteiger partial charge in [-0.1, -0.05) is 19.8 Å². The second kappa shape index (κ2) is 6.18. The molecule has 0 fully saturated rings. The number of unbranched alkanes of at least 4 members (excludes halogenated alkanes) is 2. The molecule has 0 aromatic heterocycles. The van der Waals surface area contributed by atoms with Crippen molar-refractivity contribution in [3.8, 4) is 5.75 Å². The lowest BCUT2D eigenvalue weighted by Gasteiger charge is -2.05. The van der Waals surface area contributed by atoms with E-state index in [-0.39, 0.29) is 22.9 Å². The van der Waals surface area contributed by atoms with Crippen LogP contribution in [0.5, 0.6) is 5.75 Å². The lowest BCUT2D eigenvalue weighted by molar-refractivity contribution is 0.0976. The fourth-order valence-corrected chi connectivity index (χ4v) is 1.65. The molecule has 0 amide bonds. The van der Waals surface area contributed by atoms with E-state index in [0.717, 1.165) is 19.3 Å². The van der Waals surface area contributed by atoms with Crippen LogP contribution in [0.15, 0.2) is 18.2 Å². The van der Waals surface area contributed by atoms with Crippen LogP contribution in [0.3, 0.4) is 0 Å². The van der Waals surface area contributed by atoms with Crippen molar-refractivity contribution in [3.05, 3.63) is 29.3 Å². The third kappa shape index (κ3) is 3.70. The molecule has 0 heterocycles. The highest BCUT2D eigenvalue weighted by Crippen LogP contribution is 2.21. The zero-order chi connectivity index (χ0) is 12.8. The third-order valence-electron chi connectivity index (χ3n) is 2.71. The Balaban J connectivity index is 2.84. The molecular weight excluding hydrogens is 216 g/mol. The summed E-state index contributed by atoms with van der Waals surface area (Å²) in [6.45, 7) is 3.51. The molecule has 0 saturated carbocycles. The van der Waals surface area contributed by atoms with Gasteiger partial charge in [-0.3, -0.25) is 9.59 Å². The van der Waals surface area contributed by atoms with Gasteiger partial charge in [0.15, 0.2) is 11.6 Å². The summed E-state index contributed by atoms with van der Waals surface area (Å²) >= 11 is 0. The van der Waals surface area contributed by atoms with E-state index in [2.05, 4.69) is 6.92 Å². The Morgan fingerprint density at radius 3 is 2.53 bits per heavy atom. The van der Waals surface area contributed by atoms with Gasteiger partial charge in [0.25, 0.3) is 0 Å². The number of rotatable bonds is 6. The lowest BCUT2D eigenvalue weighted by atomic mass is 10.0. The van der Waals surface area contributed by atoms with Gasteiger partial charge in [0.2, 0.25) is 0 Å². The first kappa shape index (κ1) is 13.4. The number of hydrogen-bond acceptors (Lipinski definition) is 3. The van der Waals surface area contributed by atoms with E-state index < -0.39 is 0 Å². The van der Waals surface area contributed by atoms with Gasteiger partial charge >= 0.3 is 0 Å². The Morgan fingerprint density at radius 1 is 1.24 bits per heavy atom. The number of benzene rings is 1. The van der Waals surface area contributed by atoms with Gasteiger partial charge in [-0.25, -0.2) is 0 Å². The van der Waals surface area contributed by atoms with Crippen LogP contribution in [-0.2, 0) is 0 Å². The third-order valence-corrected chi connectivity index (χ3v) is 2.71. The largest absolute Gasteiger partial charge is 0.507 e. The Labute approximate surface area is 101 Å². The molecule has 92 valence electrons. The molecule has 0 aliphatic rings. The van der Waals surface area contributed by atoms with Gasteiger partial charge in [-0.05, 0) is 31.5 Å². The van der Waals surface area contributed by atoms with Crippen molar-refractivity contribution in [2.24, 2.45) is 0 Å². The average molecular weight is 234 g/mol. The van der Waals surface area contributed by atoms with Crippen molar-refractivity contribution in [1.82, 2.24) is 0 Å². The highest BCUT2D eigenvalue weighted by atomic mass is 16.3. The lowest BCUT2D eigenvalue weighted by Crippen LogP contribution is -2.02. The highest BCUT2D eigenvalue weighted by molar-refractivity contribution is 6.02. The van der Waals surface area contributed by atoms with Crippen LogP contribution in [-0.4, -0.2) is 16.7 Å². The number of hydrogen-bond donors (Lipinski definition) is 1. The van der Waals surface area contributed by atoms with Crippen LogP contribution in [0.1, 0.15) is 60.2 Å². The summed E-state index contributed by atoms with van der Waals surface area (Å²) in [5, 5.41) is 9.61. The van der Waals surface area contributed by atoms with E-state index in [1.165, 1.54) is 25.1 Å². The summed E-state index contributed by atoms with van der Waals surface area (Å²) in [5.41, 5.74) is 0.718. The molecule has 0 aliphatic heterocycles. The molecule has 0 unspecified atom stereocenters. The smallest absolute Gasteiger partial charge is 0.166 e. The van der Waals surface area contributed by atoms with E-state index in [4.69, 9.17) is 0 Å². The van der Waals surface area contributed by atoms with Gasteiger partial charge in [-0.15, -0.1) is 0 Å². The van der Waals surface area contributed by atoms with Gasteiger partial charge in [-0.2, -0.15) is 0 Å². The number of carbonyl (C=O) groups excluding carboxylic acids is 2. The van der Waals surface area contributed by atoms with Crippen molar-refractivity contribution in [2.75, 3.05) is 0 Å². The number of phenols is 1. The molecule has 0 radical (unpaired) electrons. The first-order valence-electron chi connectivity index (χ1n) is 5.93. The molecule has 17 heavy (non-hydrogen) atoms. The number of Topliss-reactive ketones (excluding diaryl/α,β-unsaturated/α-hetero) is 2. The predicted octanol–water partition coefficient (Wildman–Crippen LogP) is 3.36. The van der Waals surface area contributed by atoms with Crippen molar-refractivity contribution in [2.45, 2.75) is 39.5 Å². The normalized spacial score (nSPS) is 10.2. The highest BCUT2D eigenvalue weighted by Gasteiger charge is 2.12. The number of ketones is 2. The summed E-state index contributed by atoms with van der Waals surface area (Å²) in [4.78, 5) is 23.0. The van der Waals surface area contributed by atoms with Gasteiger partial charge in [0, 0.05) is 12.0 Å². The van der Waals surface area contributed by atoms with Crippen molar-refractivity contribution < 1.29 is 14.7 Å². The zero-order valence-corrected chi connectivity index (χ0v) is 10.3. The first-order valence-corrected chi connectivity index (χ1v) is 5.93. The van der Waals surface area contributed by atoms with Crippen LogP contribution in [0.4, 0.5) is 0 Å². The molecule has 3 nitrogen and oxygen atoms in total. The molecule has 0 atom stereocenters. The Hall–Kier alpha value is -1.64. The maximum absolute atomic E-state index is 11.8. The standard InChI is InChI=1S/C14H18O3/c1-3-4-5-6-13(16)12-9-11(10(2)15)7-8-14(12)17/h7-9,17H,3-6H2,1-2H3. The van der Waals surface area contributed by atoms with Crippen molar-refractivity contribution in [1.29, 1.82) is 0 Å². The van der Waals surface area contributed by atoms with Crippen LogP contribution in [0, 0.1) is 0 Å². The minimum atomic E-state index is -0.104. The Bertz CT molecular complexity index is 421. The Kier molecular flexibility index (Phi) is 4.88. The van der Waals surface area contributed by atoms with Crippen molar-refractivity contribution in [3.63, 3.8) is 0 Å². The Morgan fingerprint density at radius 2 is 1.94 bits per heavy atom. The fourth-order valence-electron chi connectivity index (χ4n) is 1.65. The second-order valence-corrected chi connectivity index (χ2v) is 4.17. The minimum absolute atomic E-state index is 0.0449. The molecule has 1 aromatic rings. The summed E-state index contributed by atoms with van der Waals surface area (Å²) in [6, 6.07) is 4.41. The van der Waals surface area contributed by atoms with E-state index in [9.17, 15) is 14.7 Å². The molecule has 1 aromatic carbocycles. The molecule has 0 spiro atoms. The average Bonchev–Trinajstić information content (AvgIpc) is 2.29. The first-order chi connectivity index (χ1) is 8.06. The summed E-state index contributed by atoms with van der Waals surface area (Å²) in [5.74, 6) is -0.247. The van der Waals surface area contributed by atoms with Crippen molar-refractivity contribution >= 4 is 11.6 Å². The number of phenolic OH excluding ortho intramolecular Hbond substituents is 1. The fraction of sp³-hybridized carbons (Fsp3) is 0.429. The van der Waals surface area contributed by atoms with E-state index >= 15 is 0 Å². The van der Waals surface area contributed by atoms with Crippen LogP contribution >= 0.6 is 0 Å². The zero-order valence-electron chi connectivity index (χ0n) is 10.3. The van der Waals surface area contributed by atoms with Gasteiger partial charge in [0.05, 0.1) is 5.56 Å². The molecular formula is C14H18O3. The molecule has 1 N–H and O–H groups in total. The van der Waals surface area contributed by atoms with E-state index in [1.54, 1.807) is 0 Å². The monoisotopic (exact) mass is 234 g/mol. The summed E-state index contributed by atoms with van der Waals surface area (Å²) in [6.07, 6.45) is 3.29. The quantitative estimate of drug-likeness (QED) is 0.606. The minimum Gasteiger partial charge on any atom is -0.507 e. The number of carbonyl (C=O) groups is 2. The van der Waals surface area contributed by atoms with Gasteiger partial charge in [0.1, 0.15) is 5.75 Å².